The topological polar surface area (TPSA) is 38.3 Å². The molecule has 1 heterocycles. The van der Waals surface area contributed by atoms with Crippen molar-refractivity contribution in [3.05, 3.63) is 0 Å². The van der Waals surface area contributed by atoms with E-state index in [0.29, 0.717) is 6.54 Å². The Morgan fingerprint density at radius 2 is 2.17 bits per heavy atom. The summed E-state index contributed by atoms with van der Waals surface area (Å²) >= 11 is 0. The summed E-state index contributed by atoms with van der Waals surface area (Å²) in [6.45, 7) is 5.06. The third-order valence-corrected chi connectivity index (χ3v) is 3.14. The highest BCUT2D eigenvalue weighted by atomic mass is 16.6. The molecule has 1 N–H and O–H groups in total. The zero-order chi connectivity index (χ0) is 8.77. The van der Waals surface area contributed by atoms with Gasteiger partial charge in [0.15, 0.2) is 0 Å². The lowest BCUT2D eigenvalue weighted by Gasteiger charge is -2.29. The van der Waals surface area contributed by atoms with Crippen LogP contribution in [0.1, 0.15) is 26.7 Å². The number of hydrogen-bond donors (Lipinski definition) is 1. The van der Waals surface area contributed by atoms with Crippen molar-refractivity contribution in [2.45, 2.75) is 32.8 Å². The molecule has 0 aromatic heterocycles. The number of amides is 1. The summed E-state index contributed by atoms with van der Waals surface area (Å²) in [5.74, 6) is 0.759. The van der Waals surface area contributed by atoms with E-state index in [1.165, 1.54) is 12.8 Å². The highest BCUT2D eigenvalue weighted by Crippen LogP contribution is 2.48. The molecular weight excluding hydrogens is 154 g/mol. The van der Waals surface area contributed by atoms with Crippen molar-refractivity contribution in [3.63, 3.8) is 0 Å². The number of cyclic esters (lactones) is 1. The Morgan fingerprint density at radius 3 is 2.58 bits per heavy atom. The van der Waals surface area contributed by atoms with E-state index in [0.717, 1.165) is 5.92 Å². The fraction of sp³-hybridized carbons (Fsp3) is 0.889. The average molecular weight is 169 g/mol. The molecule has 0 radical (unpaired) electrons. The number of carbonyl (C=O) groups excluding carboxylic acids is 1. The number of hydrogen-bond acceptors (Lipinski definition) is 2. The Balaban J connectivity index is 2.02. The zero-order valence-electron chi connectivity index (χ0n) is 7.59. The van der Waals surface area contributed by atoms with Crippen molar-refractivity contribution < 1.29 is 9.53 Å². The second-order valence-electron chi connectivity index (χ2n) is 4.37. The van der Waals surface area contributed by atoms with Crippen LogP contribution >= 0.6 is 0 Å². The van der Waals surface area contributed by atoms with Crippen LogP contribution < -0.4 is 5.32 Å². The minimum Gasteiger partial charge on any atom is -0.444 e. The maximum Gasteiger partial charge on any atom is 0.407 e. The van der Waals surface area contributed by atoms with E-state index >= 15 is 0 Å². The van der Waals surface area contributed by atoms with Gasteiger partial charge in [-0.25, -0.2) is 4.79 Å². The number of carbonyl (C=O) groups is 1. The molecule has 0 aromatic carbocycles. The molecule has 3 nitrogen and oxygen atoms in total. The molecule has 12 heavy (non-hydrogen) atoms. The summed E-state index contributed by atoms with van der Waals surface area (Å²) in [6.07, 6.45) is 2.41. The molecule has 1 atom stereocenters. The van der Waals surface area contributed by atoms with Crippen LogP contribution in [0.2, 0.25) is 0 Å². The molecule has 0 bridgehead atoms. The summed E-state index contributed by atoms with van der Waals surface area (Å²) in [6, 6.07) is 0. The number of nitrogens with one attached hydrogen (secondary N) is 1. The van der Waals surface area contributed by atoms with Crippen LogP contribution in [0.15, 0.2) is 0 Å². The van der Waals surface area contributed by atoms with Crippen LogP contribution in [-0.4, -0.2) is 18.7 Å². The van der Waals surface area contributed by atoms with E-state index in [2.05, 4.69) is 19.2 Å². The third-order valence-electron chi connectivity index (χ3n) is 3.14. The minimum absolute atomic E-state index is 0.0810. The molecule has 2 rings (SSSR count). The monoisotopic (exact) mass is 169 g/mol. The first-order valence-electron chi connectivity index (χ1n) is 4.55. The van der Waals surface area contributed by atoms with Crippen LogP contribution in [0.4, 0.5) is 4.79 Å². The fourth-order valence-electron chi connectivity index (χ4n) is 1.89. The molecule has 0 aromatic rings. The van der Waals surface area contributed by atoms with Gasteiger partial charge >= 0.3 is 6.09 Å². The predicted octanol–water partition coefficient (Wildman–Crippen LogP) is 1.53. The van der Waals surface area contributed by atoms with Gasteiger partial charge in [-0.3, -0.25) is 0 Å². The smallest absolute Gasteiger partial charge is 0.407 e. The van der Waals surface area contributed by atoms with Gasteiger partial charge < -0.3 is 10.1 Å². The molecule has 68 valence electrons. The first kappa shape index (κ1) is 7.90. The summed E-state index contributed by atoms with van der Waals surface area (Å²) in [7, 11) is 0. The Bertz CT molecular complexity index is 209. The molecule has 3 heteroatoms. The van der Waals surface area contributed by atoms with Crippen molar-refractivity contribution in [1.82, 2.24) is 5.32 Å². The van der Waals surface area contributed by atoms with E-state index in [-0.39, 0.29) is 17.6 Å². The van der Waals surface area contributed by atoms with Gasteiger partial charge in [0.2, 0.25) is 0 Å². The van der Waals surface area contributed by atoms with Gasteiger partial charge in [0, 0.05) is 5.41 Å². The molecule has 1 saturated carbocycles. The number of alkyl carbamates (subject to hydrolysis) is 1. The zero-order valence-corrected chi connectivity index (χ0v) is 7.59. The first-order chi connectivity index (χ1) is 5.60. The Kier molecular flexibility index (Phi) is 1.56. The van der Waals surface area contributed by atoms with Crippen LogP contribution in [0.25, 0.3) is 0 Å². The lowest BCUT2D eigenvalue weighted by Crippen LogP contribution is -2.34. The first-order valence-corrected chi connectivity index (χ1v) is 4.55. The molecule has 1 aliphatic heterocycles. The van der Waals surface area contributed by atoms with Gasteiger partial charge in [-0.1, -0.05) is 13.8 Å². The van der Waals surface area contributed by atoms with Crippen LogP contribution in [0, 0.1) is 11.3 Å². The third kappa shape index (κ3) is 1.17. The second kappa shape index (κ2) is 2.38. The average Bonchev–Trinajstić information content (AvgIpc) is 2.75. The van der Waals surface area contributed by atoms with Crippen LogP contribution in [0.5, 0.6) is 0 Å². The Morgan fingerprint density at radius 1 is 1.50 bits per heavy atom. The minimum atomic E-state index is -0.256. The molecule has 1 aliphatic carbocycles. The maximum absolute atomic E-state index is 10.8. The van der Waals surface area contributed by atoms with Gasteiger partial charge in [-0.15, -0.1) is 0 Å². The standard InChI is InChI=1S/C9H15NO2/c1-9(2,6-3-4-6)7-5-10-8(11)12-7/h6-7H,3-5H2,1-2H3,(H,10,11). The lowest BCUT2D eigenvalue weighted by molar-refractivity contribution is 0.0486. The summed E-state index contributed by atoms with van der Waals surface area (Å²) in [5.41, 5.74) is 0.166. The van der Waals surface area contributed by atoms with Gasteiger partial charge in [0.1, 0.15) is 6.10 Å². The Labute approximate surface area is 72.5 Å². The lowest BCUT2D eigenvalue weighted by atomic mass is 9.81. The molecule has 2 aliphatic rings. The summed E-state index contributed by atoms with van der Waals surface area (Å²) < 4.78 is 5.18. The molecule has 2 fully saturated rings. The summed E-state index contributed by atoms with van der Waals surface area (Å²) in [4.78, 5) is 10.8. The van der Waals surface area contributed by atoms with Crippen molar-refractivity contribution in [2.24, 2.45) is 11.3 Å². The molecule has 1 unspecified atom stereocenters. The normalized spacial score (nSPS) is 29.8. The molecule has 1 saturated heterocycles. The quantitative estimate of drug-likeness (QED) is 0.680. The number of rotatable bonds is 2. The highest BCUT2D eigenvalue weighted by molar-refractivity contribution is 5.69. The van der Waals surface area contributed by atoms with E-state index in [9.17, 15) is 4.79 Å². The van der Waals surface area contributed by atoms with Crippen molar-refractivity contribution in [3.8, 4) is 0 Å². The number of ether oxygens (including phenoxy) is 1. The van der Waals surface area contributed by atoms with Crippen LogP contribution in [-0.2, 0) is 4.74 Å². The van der Waals surface area contributed by atoms with E-state index in [4.69, 9.17) is 4.74 Å². The Hall–Kier alpha value is -0.730. The van der Waals surface area contributed by atoms with Gasteiger partial charge in [-0.05, 0) is 18.8 Å². The van der Waals surface area contributed by atoms with Gasteiger partial charge in [-0.2, -0.15) is 0 Å². The van der Waals surface area contributed by atoms with Gasteiger partial charge in [0.05, 0.1) is 6.54 Å². The SMILES string of the molecule is CC(C)(C1CC1)C1CNC(=O)O1. The second-order valence-corrected chi connectivity index (χ2v) is 4.37. The molecule has 1 amide bonds. The van der Waals surface area contributed by atoms with E-state index in [1.807, 2.05) is 0 Å². The molecule has 0 spiro atoms. The van der Waals surface area contributed by atoms with Crippen molar-refractivity contribution in [2.75, 3.05) is 6.54 Å². The van der Waals surface area contributed by atoms with Crippen molar-refractivity contribution in [1.29, 1.82) is 0 Å². The van der Waals surface area contributed by atoms with Crippen LogP contribution in [0.3, 0.4) is 0 Å². The summed E-state index contributed by atoms with van der Waals surface area (Å²) in [5, 5.41) is 2.70. The highest BCUT2D eigenvalue weighted by Gasteiger charge is 2.47. The van der Waals surface area contributed by atoms with E-state index in [1.54, 1.807) is 0 Å². The van der Waals surface area contributed by atoms with Crippen molar-refractivity contribution >= 4 is 6.09 Å². The largest absolute Gasteiger partial charge is 0.444 e. The fourth-order valence-corrected chi connectivity index (χ4v) is 1.89. The molecular formula is C9H15NO2. The van der Waals surface area contributed by atoms with Gasteiger partial charge in [0.25, 0.3) is 0 Å². The maximum atomic E-state index is 10.8. The predicted molar refractivity (Wildman–Crippen MR) is 44.8 cm³/mol. The van der Waals surface area contributed by atoms with E-state index < -0.39 is 0 Å².